The average Bonchev–Trinajstić information content (AvgIpc) is 2.30. The van der Waals surface area contributed by atoms with Gasteiger partial charge in [-0.1, -0.05) is 32.9 Å². The summed E-state index contributed by atoms with van der Waals surface area (Å²) in [5, 5.41) is -0.469. The summed E-state index contributed by atoms with van der Waals surface area (Å²) in [5.41, 5.74) is 0.661. The lowest BCUT2D eigenvalue weighted by Gasteiger charge is -2.20. The first kappa shape index (κ1) is 15.0. The van der Waals surface area contributed by atoms with E-state index in [1.54, 1.807) is 0 Å². The Morgan fingerprint density at radius 3 is 2.28 bits per heavy atom. The second-order valence-corrected chi connectivity index (χ2v) is 5.89. The van der Waals surface area contributed by atoms with Gasteiger partial charge in [-0.15, -0.1) is 11.6 Å². The second-order valence-electron chi connectivity index (χ2n) is 5.36. The van der Waals surface area contributed by atoms with Gasteiger partial charge in [0, 0.05) is 5.41 Å². The van der Waals surface area contributed by atoms with Crippen LogP contribution in [0, 0.1) is 5.41 Å². The van der Waals surface area contributed by atoms with Crippen LogP contribution < -0.4 is 4.74 Å². The van der Waals surface area contributed by atoms with E-state index in [4.69, 9.17) is 16.3 Å². The van der Waals surface area contributed by atoms with Gasteiger partial charge in [-0.3, -0.25) is 4.79 Å². The minimum absolute atomic E-state index is 0.0815. The van der Waals surface area contributed by atoms with E-state index in [2.05, 4.69) is 0 Å². The topological polar surface area (TPSA) is 26.3 Å². The Morgan fingerprint density at radius 1 is 1.28 bits per heavy atom. The van der Waals surface area contributed by atoms with Crippen molar-refractivity contribution in [2.24, 2.45) is 5.41 Å². The van der Waals surface area contributed by atoms with Gasteiger partial charge in [0.2, 0.25) is 0 Å². The number of ketones is 1. The molecule has 0 spiro atoms. The third-order valence-corrected chi connectivity index (χ3v) is 3.03. The molecule has 0 saturated heterocycles. The molecule has 1 aromatic carbocycles. The van der Waals surface area contributed by atoms with Crippen molar-refractivity contribution in [2.45, 2.75) is 39.5 Å². The fraction of sp³-hybridized carbons (Fsp3) is 0.533. The maximum absolute atomic E-state index is 12.0. The van der Waals surface area contributed by atoms with E-state index in [0.29, 0.717) is 13.0 Å². The zero-order valence-electron chi connectivity index (χ0n) is 11.5. The monoisotopic (exact) mass is 268 g/mol. The predicted octanol–water partition coefficient (Wildman–Crippen LogP) is 3.85. The van der Waals surface area contributed by atoms with Crippen LogP contribution in [-0.4, -0.2) is 17.8 Å². The summed E-state index contributed by atoms with van der Waals surface area (Å²) >= 11 is 6.17. The van der Waals surface area contributed by atoms with Gasteiger partial charge in [0.1, 0.15) is 5.75 Å². The number of Topliss-reactive ketones (excluding diaryl/α,β-unsaturated/α-hetero) is 1. The summed E-state index contributed by atoms with van der Waals surface area (Å²) in [6.45, 7) is 8.28. The number of carbonyl (C=O) groups excluding carboxylic acids is 1. The number of alkyl halides is 1. The van der Waals surface area contributed by atoms with Crippen LogP contribution in [0.5, 0.6) is 5.75 Å². The fourth-order valence-corrected chi connectivity index (χ4v) is 2.16. The van der Waals surface area contributed by atoms with Crippen molar-refractivity contribution in [1.29, 1.82) is 0 Å². The lowest BCUT2D eigenvalue weighted by Crippen LogP contribution is -2.30. The first-order chi connectivity index (χ1) is 8.34. The van der Waals surface area contributed by atoms with Crippen LogP contribution >= 0.6 is 11.6 Å². The molecule has 0 amide bonds. The molecule has 0 aliphatic carbocycles. The molecule has 1 atom stereocenters. The van der Waals surface area contributed by atoms with Crippen LogP contribution in [-0.2, 0) is 11.2 Å². The van der Waals surface area contributed by atoms with E-state index < -0.39 is 10.8 Å². The zero-order valence-corrected chi connectivity index (χ0v) is 12.3. The van der Waals surface area contributed by atoms with Crippen molar-refractivity contribution in [3.8, 4) is 5.75 Å². The number of rotatable bonds is 5. The van der Waals surface area contributed by atoms with Crippen LogP contribution in [0.4, 0.5) is 0 Å². The number of benzene rings is 1. The average molecular weight is 269 g/mol. The molecular weight excluding hydrogens is 248 g/mol. The second kappa shape index (κ2) is 6.24. The normalized spacial score (nSPS) is 13.2. The molecule has 0 heterocycles. The molecule has 0 aliphatic rings. The van der Waals surface area contributed by atoms with Gasteiger partial charge in [0.25, 0.3) is 0 Å². The van der Waals surface area contributed by atoms with Gasteiger partial charge >= 0.3 is 0 Å². The molecule has 2 nitrogen and oxygen atoms in total. The molecule has 0 aromatic heterocycles. The number of hydrogen-bond acceptors (Lipinski definition) is 2. The van der Waals surface area contributed by atoms with Gasteiger partial charge in [-0.25, -0.2) is 0 Å². The summed E-state index contributed by atoms with van der Waals surface area (Å²) < 4.78 is 5.37. The van der Waals surface area contributed by atoms with E-state index in [1.165, 1.54) is 0 Å². The number of ether oxygens (including phenoxy) is 1. The molecule has 0 saturated carbocycles. The highest BCUT2D eigenvalue weighted by Crippen LogP contribution is 2.23. The molecular formula is C15H21ClO2. The Labute approximate surface area is 114 Å². The third-order valence-electron chi connectivity index (χ3n) is 2.67. The molecule has 0 aliphatic heterocycles. The lowest BCUT2D eigenvalue weighted by atomic mass is 9.87. The number of halogens is 1. The van der Waals surface area contributed by atoms with E-state index in [9.17, 15) is 4.79 Å². The smallest absolute Gasteiger partial charge is 0.156 e. The SMILES string of the molecule is CCOc1ccc(CC(Cl)C(=O)C(C)(C)C)cc1. The standard InChI is InChI=1S/C15H21ClO2/c1-5-18-12-8-6-11(7-9-12)10-13(16)14(17)15(2,3)4/h6-9,13H,5,10H2,1-4H3. The molecule has 3 heteroatoms. The third kappa shape index (κ3) is 4.34. The van der Waals surface area contributed by atoms with Gasteiger partial charge < -0.3 is 4.74 Å². The van der Waals surface area contributed by atoms with E-state index in [-0.39, 0.29) is 5.78 Å². The Hall–Kier alpha value is -1.02. The van der Waals surface area contributed by atoms with Gasteiger partial charge in [-0.05, 0) is 31.0 Å². The molecule has 1 unspecified atom stereocenters. The van der Waals surface area contributed by atoms with E-state index in [1.807, 2.05) is 52.0 Å². The highest BCUT2D eigenvalue weighted by molar-refractivity contribution is 6.31. The molecule has 0 radical (unpaired) electrons. The summed E-state index contributed by atoms with van der Waals surface area (Å²) in [5.74, 6) is 0.924. The largest absolute Gasteiger partial charge is 0.494 e. The van der Waals surface area contributed by atoms with E-state index >= 15 is 0 Å². The molecule has 1 aromatic rings. The van der Waals surface area contributed by atoms with Crippen molar-refractivity contribution in [2.75, 3.05) is 6.61 Å². The van der Waals surface area contributed by atoms with Crippen LogP contribution in [0.15, 0.2) is 24.3 Å². The molecule has 100 valence electrons. The summed E-state index contributed by atoms with van der Waals surface area (Å²) in [7, 11) is 0. The Kier molecular flexibility index (Phi) is 5.21. The first-order valence-corrected chi connectivity index (χ1v) is 6.68. The summed E-state index contributed by atoms with van der Waals surface area (Å²) in [6.07, 6.45) is 0.560. The van der Waals surface area contributed by atoms with Crippen molar-refractivity contribution in [3.05, 3.63) is 29.8 Å². The number of carbonyl (C=O) groups is 1. The Balaban J connectivity index is 2.65. The van der Waals surface area contributed by atoms with Gasteiger partial charge in [0.15, 0.2) is 5.78 Å². The van der Waals surface area contributed by atoms with Gasteiger partial charge in [-0.2, -0.15) is 0 Å². The van der Waals surface area contributed by atoms with Crippen molar-refractivity contribution >= 4 is 17.4 Å². The minimum atomic E-state index is -0.469. The maximum Gasteiger partial charge on any atom is 0.156 e. The quantitative estimate of drug-likeness (QED) is 0.758. The van der Waals surface area contributed by atoms with Crippen LogP contribution in [0.25, 0.3) is 0 Å². The van der Waals surface area contributed by atoms with Crippen molar-refractivity contribution < 1.29 is 9.53 Å². The van der Waals surface area contributed by atoms with Crippen molar-refractivity contribution in [1.82, 2.24) is 0 Å². The van der Waals surface area contributed by atoms with Gasteiger partial charge in [0.05, 0.1) is 12.0 Å². The molecule has 18 heavy (non-hydrogen) atoms. The highest BCUT2D eigenvalue weighted by atomic mass is 35.5. The maximum atomic E-state index is 12.0. The summed E-state index contributed by atoms with van der Waals surface area (Å²) in [4.78, 5) is 12.0. The van der Waals surface area contributed by atoms with E-state index in [0.717, 1.165) is 11.3 Å². The number of hydrogen-bond donors (Lipinski definition) is 0. The van der Waals surface area contributed by atoms with Crippen molar-refractivity contribution in [3.63, 3.8) is 0 Å². The minimum Gasteiger partial charge on any atom is -0.494 e. The summed E-state index contributed by atoms with van der Waals surface area (Å²) in [6, 6.07) is 7.72. The fourth-order valence-electron chi connectivity index (χ4n) is 1.66. The predicted molar refractivity (Wildman–Crippen MR) is 75.4 cm³/mol. The molecule has 1 rings (SSSR count). The Morgan fingerprint density at radius 2 is 1.83 bits per heavy atom. The first-order valence-electron chi connectivity index (χ1n) is 6.24. The molecule has 0 fully saturated rings. The molecule has 0 N–H and O–H groups in total. The highest BCUT2D eigenvalue weighted by Gasteiger charge is 2.28. The lowest BCUT2D eigenvalue weighted by molar-refractivity contribution is -0.125. The zero-order chi connectivity index (χ0) is 13.8. The van der Waals surface area contributed by atoms with Crippen LogP contribution in [0.1, 0.15) is 33.3 Å². The molecule has 0 bridgehead atoms. The van der Waals surface area contributed by atoms with Crippen LogP contribution in [0.3, 0.4) is 0 Å². The Bertz CT molecular complexity index is 390. The van der Waals surface area contributed by atoms with Crippen LogP contribution in [0.2, 0.25) is 0 Å².